The van der Waals surface area contributed by atoms with Crippen LogP contribution in [-0.2, 0) is 14.3 Å². The van der Waals surface area contributed by atoms with Crippen molar-refractivity contribution in [2.24, 2.45) is 0 Å². The van der Waals surface area contributed by atoms with Gasteiger partial charge in [0.25, 0.3) is 0 Å². The smallest absolute Gasteiger partial charge is 0.467 e. The van der Waals surface area contributed by atoms with E-state index in [1.807, 2.05) is 6.26 Å². The Labute approximate surface area is 168 Å². The number of rotatable bonds is 5. The van der Waals surface area contributed by atoms with Crippen molar-refractivity contribution in [3.63, 3.8) is 0 Å². The molecule has 1 N–H and O–H groups in total. The largest absolute Gasteiger partial charge is 1.00 e. The van der Waals surface area contributed by atoms with Gasteiger partial charge in [0.1, 0.15) is 31.7 Å². The van der Waals surface area contributed by atoms with Crippen LogP contribution in [0.15, 0.2) is 0 Å². The van der Waals surface area contributed by atoms with E-state index in [1.54, 1.807) is 32.5 Å². The first-order valence-electron chi connectivity index (χ1n) is 5.98. The molecule has 0 aromatic heterocycles. The molecule has 0 saturated heterocycles. The van der Waals surface area contributed by atoms with Gasteiger partial charge in [-0.3, -0.25) is 13.7 Å². The molecule has 0 fully saturated rings. The van der Waals surface area contributed by atoms with Crippen molar-refractivity contribution in [3.05, 3.63) is 0 Å². The molecule has 0 aliphatic carbocycles. The molecule has 0 bridgehead atoms. The fraction of sp³-hybridized carbons (Fsp3) is 0.818. The molecule has 0 spiro atoms. The van der Waals surface area contributed by atoms with E-state index in [-0.39, 0.29) is 29.6 Å². The molecule has 9 nitrogen and oxygen atoms in total. The van der Waals surface area contributed by atoms with Crippen LogP contribution < -0.4 is 68.7 Å². The predicted octanol–water partition coefficient (Wildman–Crippen LogP) is -8.94. The molecule has 12 heteroatoms. The van der Waals surface area contributed by atoms with Gasteiger partial charge in [0.2, 0.25) is 0 Å². The number of carbonyl (C=O) groups excluding carboxylic acids is 2. The van der Waals surface area contributed by atoms with Gasteiger partial charge in [-0.25, -0.2) is 9.59 Å². The fourth-order valence-corrected chi connectivity index (χ4v) is 1.55. The number of nitrogens with one attached hydrogen (secondary N) is 1. The summed E-state index contributed by atoms with van der Waals surface area (Å²) in [6.07, 6.45) is 1.85. The van der Waals surface area contributed by atoms with Gasteiger partial charge in [-0.1, -0.05) is 0 Å². The molecule has 0 aromatic rings. The molecule has 0 aliphatic heterocycles. The average Bonchev–Trinajstić information content (AvgIpc) is 2.29. The second kappa shape index (κ2) is 13.9. The summed E-state index contributed by atoms with van der Waals surface area (Å²) in [5, 5.41) is 2.51. The summed E-state index contributed by atoms with van der Waals surface area (Å²) in [4.78, 5) is 22.9. The number of hydrogen-bond acceptors (Lipinski definition) is 9. The molecule has 0 unspecified atom stereocenters. The first kappa shape index (κ1) is 28.5. The summed E-state index contributed by atoms with van der Waals surface area (Å²) in [5.74, 6) is 0.306. The summed E-state index contributed by atoms with van der Waals surface area (Å²) >= 11 is -4.34. The van der Waals surface area contributed by atoms with Crippen LogP contribution in [0.25, 0.3) is 0 Å². The van der Waals surface area contributed by atoms with Gasteiger partial charge in [0, 0.05) is 0 Å². The maximum absolute atomic E-state index is 11.5. The summed E-state index contributed by atoms with van der Waals surface area (Å²) in [5.41, 5.74) is -0.579. The Bertz CT molecular complexity index is 342. The summed E-state index contributed by atoms with van der Waals surface area (Å²) in [6, 6.07) is -0.651. The zero-order valence-electron chi connectivity index (χ0n) is 14.0. The third-order valence-corrected chi connectivity index (χ3v) is 2.43. The van der Waals surface area contributed by atoms with Crippen molar-refractivity contribution in [1.82, 2.24) is 5.32 Å². The van der Waals surface area contributed by atoms with Crippen LogP contribution in [-0.4, -0.2) is 42.8 Å². The molecule has 0 heterocycles. The minimum Gasteiger partial charge on any atom is -0.467 e. The van der Waals surface area contributed by atoms with Crippen molar-refractivity contribution in [1.29, 1.82) is 0 Å². The maximum Gasteiger partial charge on any atom is 1.00 e. The van der Waals surface area contributed by atoms with Crippen molar-refractivity contribution in [2.45, 2.75) is 38.8 Å². The molecule has 0 saturated carbocycles. The van der Waals surface area contributed by atoms with E-state index < -0.39 is 43.8 Å². The normalized spacial score (nSPS) is 12.0. The molecule has 0 radical (unpaired) electrons. The summed E-state index contributed by atoms with van der Waals surface area (Å²) < 4.78 is 44.2. The van der Waals surface area contributed by atoms with E-state index in [1.165, 1.54) is 7.11 Å². The van der Waals surface area contributed by atoms with Gasteiger partial charge < -0.3 is 14.8 Å². The third-order valence-electron chi connectivity index (χ3n) is 1.79. The predicted molar refractivity (Wildman–Crippen MR) is 68.2 cm³/mol. The van der Waals surface area contributed by atoms with Crippen molar-refractivity contribution >= 4 is 23.8 Å². The van der Waals surface area contributed by atoms with E-state index in [0.29, 0.717) is 6.42 Å². The minimum absolute atomic E-state index is 0. The van der Waals surface area contributed by atoms with Gasteiger partial charge >= 0.3 is 41.6 Å². The molecule has 1 amide bonds. The van der Waals surface area contributed by atoms with E-state index in [0.717, 1.165) is 5.75 Å². The van der Waals surface area contributed by atoms with Crippen molar-refractivity contribution < 1.29 is 82.5 Å². The maximum atomic E-state index is 11.5. The van der Waals surface area contributed by atoms with E-state index in [4.69, 9.17) is 18.5 Å². The van der Waals surface area contributed by atoms with Crippen LogP contribution in [0, 0.1) is 0 Å². The van der Waals surface area contributed by atoms with Gasteiger partial charge in [-0.15, -0.1) is 0 Å². The monoisotopic (exact) mass is 477 g/mol. The Morgan fingerprint density at radius 1 is 1.22 bits per heavy atom. The number of esters is 1. The molecule has 1 atom stereocenters. The van der Waals surface area contributed by atoms with E-state index >= 15 is 0 Å². The number of ether oxygens (including phenoxy) is 2. The second-order valence-electron chi connectivity index (χ2n) is 4.88. The molecule has 0 aliphatic rings. The first-order valence-corrected chi connectivity index (χ1v) is 10.9. The van der Waals surface area contributed by atoms with Crippen molar-refractivity contribution in [3.8, 4) is 0 Å². The molecular weight excluding hydrogens is 456 g/mol. The van der Waals surface area contributed by atoms with Gasteiger partial charge in [0.15, 0.2) is 0 Å². The fourth-order valence-electron chi connectivity index (χ4n) is 1.08. The van der Waals surface area contributed by atoms with Gasteiger partial charge in [0.05, 0.1) is 7.11 Å². The van der Waals surface area contributed by atoms with Crippen LogP contribution in [0.3, 0.4) is 0 Å². The zero-order valence-corrected chi connectivity index (χ0v) is 19.0. The van der Waals surface area contributed by atoms with Crippen LogP contribution in [0.2, 0.25) is 0 Å². The van der Waals surface area contributed by atoms with Gasteiger partial charge in [-0.05, 0) is 39.2 Å². The number of methoxy groups -OCH3 is 1. The van der Waals surface area contributed by atoms with Crippen LogP contribution in [0.4, 0.5) is 4.79 Å². The van der Waals surface area contributed by atoms with E-state index in [2.05, 4.69) is 10.1 Å². The quantitative estimate of drug-likeness (QED) is 0.231. The Balaban J connectivity index is -0.000000578. The number of halogens is 1. The number of hydrogen-bond donors (Lipinski definition) is 1. The first-order chi connectivity index (χ1) is 9.80. The second-order valence-corrected chi connectivity index (χ2v) is 8.02. The molecule has 0 rings (SSSR count). The molecular formula is C11H21INNaO8S. The summed E-state index contributed by atoms with van der Waals surface area (Å²) in [7, 11) is 1.30. The minimum atomic E-state index is -5.94. The van der Waals surface area contributed by atoms with Crippen molar-refractivity contribution in [2.75, 3.05) is 19.1 Å². The average molecular weight is 477 g/mol. The molecule has 0 aromatic carbocycles. The Kier molecular flexibility index (Phi) is 17.2. The standard InChI is InChI=1S/C11H21NO4S.IO4.Na/c1-11(2,3)16-10(14)12-8(6-7-17-5)9(13)15-4;2-1(3,4)5;/h8H,6-7H2,1-5H3,(H,12,14);;/q;-1;+1/t8-;;/m0../s1. The van der Waals surface area contributed by atoms with Crippen LogP contribution in [0.5, 0.6) is 0 Å². The Morgan fingerprint density at radius 3 is 1.96 bits per heavy atom. The summed E-state index contributed by atoms with van der Waals surface area (Å²) in [6.45, 7) is 5.30. The SMILES string of the molecule is COC(=O)[C@H](CCSC)NC(=O)OC(C)(C)C.[Na+].[O-][I+3]([O-])([O-])[O-]. The number of amides is 1. The van der Waals surface area contributed by atoms with E-state index in [9.17, 15) is 9.59 Å². The Hall–Kier alpha value is 0.660. The number of thioether (sulfide) groups is 1. The third kappa shape index (κ3) is 25.0. The van der Waals surface area contributed by atoms with Crippen LogP contribution >= 0.6 is 11.8 Å². The number of alkyl carbamates (subject to hydrolysis) is 1. The molecule has 23 heavy (non-hydrogen) atoms. The van der Waals surface area contributed by atoms with Gasteiger partial charge in [-0.2, -0.15) is 11.8 Å². The van der Waals surface area contributed by atoms with Crippen LogP contribution in [0.1, 0.15) is 27.2 Å². The molecule has 132 valence electrons. The topological polar surface area (TPSA) is 157 Å². The zero-order chi connectivity index (χ0) is 18.0. The number of carbonyl (C=O) groups is 2. The Morgan fingerprint density at radius 2 is 1.65 bits per heavy atom.